The Bertz CT molecular complexity index is 1380. The molecule has 0 saturated carbocycles. The largest absolute Gasteiger partial charge is 0.507 e. The number of anilines is 1. The molecule has 8 heteroatoms. The molecule has 1 heterocycles. The number of aryl methyl sites for hydroxylation is 1. The number of Topliss-reactive ketones (excluding diaryl/α,β-unsaturated/α-hetero) is 1. The van der Waals surface area contributed by atoms with E-state index in [1.165, 1.54) is 31.3 Å². The average molecular weight is 536 g/mol. The molecule has 3 aromatic carbocycles. The predicted octanol–water partition coefficient (Wildman–Crippen LogP) is 6.33. The molecular formula is C30H30ClNO6. The van der Waals surface area contributed by atoms with Crippen LogP contribution in [0.5, 0.6) is 17.2 Å². The summed E-state index contributed by atoms with van der Waals surface area (Å²) in [4.78, 5) is 28.3. The summed E-state index contributed by atoms with van der Waals surface area (Å²) in [7, 11) is 2.87. The van der Waals surface area contributed by atoms with E-state index in [0.717, 1.165) is 5.56 Å². The molecule has 0 bridgehead atoms. The van der Waals surface area contributed by atoms with E-state index in [1.807, 2.05) is 19.1 Å². The number of ketones is 1. The van der Waals surface area contributed by atoms with Crippen LogP contribution in [-0.2, 0) is 9.59 Å². The number of amides is 1. The third-order valence-corrected chi connectivity index (χ3v) is 6.56. The number of ether oxygens (including phenoxy) is 3. The number of carbonyl (C=O) groups excluding carboxylic acids is 2. The van der Waals surface area contributed by atoms with Crippen LogP contribution < -0.4 is 19.1 Å². The van der Waals surface area contributed by atoms with Crippen molar-refractivity contribution in [2.75, 3.05) is 25.7 Å². The van der Waals surface area contributed by atoms with Crippen molar-refractivity contribution in [1.29, 1.82) is 0 Å². The van der Waals surface area contributed by atoms with Crippen molar-refractivity contribution in [3.05, 3.63) is 87.9 Å². The number of nitrogens with zero attached hydrogens (tertiary/aromatic N) is 1. The highest BCUT2D eigenvalue weighted by Gasteiger charge is 2.47. The highest BCUT2D eigenvalue weighted by Crippen LogP contribution is 2.45. The standard InChI is InChI=1S/C30H30ClNO6/c1-17(2)16-38-21-12-8-19(9-13-21)27-26(28(33)22-14-25(37-5)23(31)15-24(22)36-4)29(34)30(35)32(27)20-10-6-18(3)7-11-20/h6-15,17,27,33H,16H2,1-5H3/b28-26+. The Morgan fingerprint density at radius 3 is 2.18 bits per heavy atom. The number of hydrogen-bond donors (Lipinski definition) is 1. The SMILES string of the molecule is COc1cc(/C(O)=C2\C(=O)C(=O)N(c3ccc(C)cc3)C2c2ccc(OCC(C)C)cc2)c(OC)cc1Cl. The number of methoxy groups -OCH3 is 2. The van der Waals surface area contributed by atoms with E-state index in [2.05, 4.69) is 13.8 Å². The molecule has 7 nitrogen and oxygen atoms in total. The summed E-state index contributed by atoms with van der Waals surface area (Å²) < 4.78 is 16.6. The van der Waals surface area contributed by atoms with Crippen molar-refractivity contribution in [3.8, 4) is 17.2 Å². The van der Waals surface area contributed by atoms with Gasteiger partial charge < -0.3 is 19.3 Å². The van der Waals surface area contributed by atoms with Gasteiger partial charge in [-0.1, -0.05) is 55.3 Å². The molecule has 1 N–H and O–H groups in total. The number of aliphatic hydroxyl groups excluding tert-OH is 1. The second kappa shape index (κ2) is 11.2. The van der Waals surface area contributed by atoms with E-state index in [-0.39, 0.29) is 27.7 Å². The van der Waals surface area contributed by atoms with Crippen LogP contribution in [0.3, 0.4) is 0 Å². The third kappa shape index (κ3) is 5.20. The number of halogens is 1. The molecule has 1 atom stereocenters. The van der Waals surface area contributed by atoms with E-state index >= 15 is 0 Å². The molecule has 4 rings (SSSR count). The first-order valence-electron chi connectivity index (χ1n) is 12.2. The van der Waals surface area contributed by atoms with E-state index in [1.54, 1.807) is 36.4 Å². The topological polar surface area (TPSA) is 85.3 Å². The van der Waals surface area contributed by atoms with Crippen LogP contribution in [0.25, 0.3) is 5.76 Å². The molecule has 0 aromatic heterocycles. The number of hydrogen-bond acceptors (Lipinski definition) is 6. The Balaban J connectivity index is 1.91. The first-order valence-corrected chi connectivity index (χ1v) is 12.6. The minimum atomic E-state index is -0.900. The molecule has 38 heavy (non-hydrogen) atoms. The molecule has 1 aliphatic rings. The molecule has 1 amide bonds. The van der Waals surface area contributed by atoms with Crippen LogP contribution in [0.2, 0.25) is 5.02 Å². The van der Waals surface area contributed by atoms with Gasteiger partial charge in [0.25, 0.3) is 11.7 Å². The second-order valence-electron chi connectivity index (χ2n) is 9.47. The average Bonchev–Trinajstić information content (AvgIpc) is 3.17. The Labute approximate surface area is 227 Å². The lowest BCUT2D eigenvalue weighted by Crippen LogP contribution is -2.29. The fourth-order valence-electron chi connectivity index (χ4n) is 4.32. The Morgan fingerprint density at radius 1 is 0.974 bits per heavy atom. The van der Waals surface area contributed by atoms with Crippen molar-refractivity contribution < 1.29 is 28.9 Å². The summed E-state index contributed by atoms with van der Waals surface area (Å²) >= 11 is 6.25. The Kier molecular flexibility index (Phi) is 7.97. The Hall–Kier alpha value is -3.97. The number of carbonyl (C=O) groups is 2. The highest BCUT2D eigenvalue weighted by molar-refractivity contribution is 6.51. The van der Waals surface area contributed by atoms with E-state index in [9.17, 15) is 14.7 Å². The van der Waals surface area contributed by atoms with Gasteiger partial charge in [-0.2, -0.15) is 0 Å². The molecule has 0 spiro atoms. The van der Waals surface area contributed by atoms with Gasteiger partial charge in [-0.05, 0) is 48.7 Å². The molecule has 3 aromatic rings. The second-order valence-corrected chi connectivity index (χ2v) is 9.87. The van der Waals surface area contributed by atoms with Crippen molar-refractivity contribution in [2.24, 2.45) is 5.92 Å². The monoisotopic (exact) mass is 535 g/mol. The zero-order valence-electron chi connectivity index (χ0n) is 21.9. The van der Waals surface area contributed by atoms with Crippen molar-refractivity contribution in [1.82, 2.24) is 0 Å². The number of benzene rings is 3. The lowest BCUT2D eigenvalue weighted by Gasteiger charge is -2.26. The maximum absolute atomic E-state index is 13.5. The lowest BCUT2D eigenvalue weighted by atomic mass is 9.94. The molecule has 198 valence electrons. The summed E-state index contributed by atoms with van der Waals surface area (Å²) in [5.74, 6) is -0.427. The summed E-state index contributed by atoms with van der Waals surface area (Å²) in [6.07, 6.45) is 0. The van der Waals surface area contributed by atoms with E-state index < -0.39 is 23.5 Å². The minimum absolute atomic E-state index is 0.0749. The van der Waals surface area contributed by atoms with Crippen molar-refractivity contribution in [3.63, 3.8) is 0 Å². The van der Waals surface area contributed by atoms with Crippen LogP contribution >= 0.6 is 11.6 Å². The van der Waals surface area contributed by atoms with Crippen molar-refractivity contribution >= 4 is 34.7 Å². The van der Waals surface area contributed by atoms with Crippen LogP contribution in [0.4, 0.5) is 5.69 Å². The maximum atomic E-state index is 13.5. The van der Waals surface area contributed by atoms with Gasteiger partial charge in [-0.3, -0.25) is 14.5 Å². The summed E-state index contributed by atoms with van der Waals surface area (Å²) in [6, 6.07) is 16.5. The first kappa shape index (κ1) is 27.1. The van der Waals surface area contributed by atoms with Crippen LogP contribution in [0.1, 0.15) is 36.6 Å². The van der Waals surface area contributed by atoms with Gasteiger partial charge in [0, 0.05) is 11.8 Å². The predicted molar refractivity (Wildman–Crippen MR) is 147 cm³/mol. The molecule has 1 aliphatic heterocycles. The quantitative estimate of drug-likeness (QED) is 0.206. The van der Waals surface area contributed by atoms with Gasteiger partial charge in [-0.25, -0.2) is 0 Å². The Morgan fingerprint density at radius 2 is 1.61 bits per heavy atom. The van der Waals surface area contributed by atoms with Crippen LogP contribution in [0.15, 0.2) is 66.2 Å². The number of rotatable bonds is 8. The maximum Gasteiger partial charge on any atom is 0.300 e. The fourth-order valence-corrected chi connectivity index (χ4v) is 4.55. The molecule has 1 fully saturated rings. The molecule has 0 radical (unpaired) electrons. The normalized spacial score (nSPS) is 16.7. The van der Waals surface area contributed by atoms with Crippen LogP contribution in [-0.4, -0.2) is 37.6 Å². The van der Waals surface area contributed by atoms with Crippen LogP contribution in [0, 0.1) is 12.8 Å². The molecule has 1 unspecified atom stereocenters. The highest BCUT2D eigenvalue weighted by atomic mass is 35.5. The van der Waals surface area contributed by atoms with Gasteiger partial charge in [-0.15, -0.1) is 0 Å². The van der Waals surface area contributed by atoms with E-state index in [0.29, 0.717) is 29.5 Å². The van der Waals surface area contributed by atoms with Gasteiger partial charge in [0.15, 0.2) is 0 Å². The summed E-state index contributed by atoms with van der Waals surface area (Å²) in [5.41, 5.74) is 2.27. The molecule has 1 saturated heterocycles. The summed E-state index contributed by atoms with van der Waals surface area (Å²) in [5, 5.41) is 11.8. The van der Waals surface area contributed by atoms with Gasteiger partial charge in [0.05, 0.1) is 43.0 Å². The van der Waals surface area contributed by atoms with Gasteiger partial charge in [0.1, 0.15) is 23.0 Å². The van der Waals surface area contributed by atoms with Gasteiger partial charge in [0.2, 0.25) is 0 Å². The zero-order valence-corrected chi connectivity index (χ0v) is 22.7. The third-order valence-electron chi connectivity index (χ3n) is 6.26. The van der Waals surface area contributed by atoms with Gasteiger partial charge >= 0.3 is 0 Å². The smallest absolute Gasteiger partial charge is 0.300 e. The lowest BCUT2D eigenvalue weighted by molar-refractivity contribution is -0.132. The number of aliphatic hydroxyl groups is 1. The zero-order chi connectivity index (χ0) is 27.6. The molecule has 0 aliphatic carbocycles. The van der Waals surface area contributed by atoms with E-state index in [4.69, 9.17) is 25.8 Å². The fraction of sp³-hybridized carbons (Fsp3) is 0.267. The summed E-state index contributed by atoms with van der Waals surface area (Å²) in [6.45, 7) is 6.61. The molecular weight excluding hydrogens is 506 g/mol. The first-order chi connectivity index (χ1) is 18.2. The van der Waals surface area contributed by atoms with Crippen molar-refractivity contribution in [2.45, 2.75) is 26.8 Å². The minimum Gasteiger partial charge on any atom is -0.507 e.